The molecule has 2 rings (SSSR count). The average molecular weight is 208 g/mol. The highest BCUT2D eigenvalue weighted by Gasteiger charge is 2.32. The number of rotatable bonds is 3. The van der Waals surface area contributed by atoms with Crippen LogP contribution in [0, 0.1) is 0 Å². The number of likely N-dealkylation sites (N-methyl/N-ethyl adjacent to an activating group) is 1. The van der Waals surface area contributed by atoms with Gasteiger partial charge in [0.1, 0.15) is 0 Å². The first kappa shape index (κ1) is 10.7. The minimum atomic E-state index is 0.114. The van der Waals surface area contributed by atoms with Crippen molar-refractivity contribution in [1.29, 1.82) is 0 Å². The van der Waals surface area contributed by atoms with Crippen LogP contribution in [0.4, 0.5) is 0 Å². The summed E-state index contributed by atoms with van der Waals surface area (Å²) in [6.07, 6.45) is 9.16. The normalized spacial score (nSPS) is 30.9. The number of carbonyl (C=O) groups excluding carboxylic acids is 1. The van der Waals surface area contributed by atoms with Gasteiger partial charge in [-0.15, -0.1) is 0 Å². The van der Waals surface area contributed by atoms with Gasteiger partial charge in [0.2, 0.25) is 5.91 Å². The van der Waals surface area contributed by atoms with E-state index in [9.17, 15) is 4.79 Å². The van der Waals surface area contributed by atoms with E-state index in [1.165, 1.54) is 19.3 Å². The lowest BCUT2D eigenvalue weighted by molar-refractivity contribution is -0.124. The summed E-state index contributed by atoms with van der Waals surface area (Å²) in [5.74, 6) is 0.218. The Bertz CT molecular complexity index is 262. The van der Waals surface area contributed by atoms with Crippen molar-refractivity contribution in [1.82, 2.24) is 10.2 Å². The first-order valence-electron chi connectivity index (χ1n) is 6.03. The Hall–Kier alpha value is -0.830. The second-order valence-electron chi connectivity index (χ2n) is 4.35. The van der Waals surface area contributed by atoms with Crippen molar-refractivity contribution in [2.45, 2.75) is 44.7 Å². The fraction of sp³-hybridized carbons (Fsp3) is 0.750. The lowest BCUT2D eigenvalue weighted by Crippen LogP contribution is -2.46. The van der Waals surface area contributed by atoms with Gasteiger partial charge in [0.15, 0.2) is 0 Å². The van der Waals surface area contributed by atoms with Gasteiger partial charge in [-0.25, -0.2) is 0 Å². The Labute approximate surface area is 91.5 Å². The van der Waals surface area contributed by atoms with Crippen molar-refractivity contribution >= 4 is 5.91 Å². The van der Waals surface area contributed by atoms with Crippen LogP contribution in [0.3, 0.4) is 0 Å². The van der Waals surface area contributed by atoms with E-state index in [2.05, 4.69) is 29.3 Å². The van der Waals surface area contributed by atoms with Crippen LogP contribution in [-0.2, 0) is 4.79 Å². The van der Waals surface area contributed by atoms with Gasteiger partial charge in [0.05, 0.1) is 6.04 Å². The Morgan fingerprint density at radius 1 is 1.53 bits per heavy atom. The summed E-state index contributed by atoms with van der Waals surface area (Å²) < 4.78 is 0. The number of nitrogens with one attached hydrogen (secondary N) is 1. The molecule has 0 saturated carbocycles. The molecule has 1 aliphatic carbocycles. The van der Waals surface area contributed by atoms with Gasteiger partial charge >= 0.3 is 0 Å². The van der Waals surface area contributed by atoms with Crippen LogP contribution >= 0.6 is 0 Å². The SMILES string of the molecule is CCN(C1C=CCCC1)C1CCNC1=O. The van der Waals surface area contributed by atoms with Crippen molar-refractivity contribution in [3.63, 3.8) is 0 Å². The summed E-state index contributed by atoms with van der Waals surface area (Å²) in [6.45, 7) is 3.96. The van der Waals surface area contributed by atoms with Crippen molar-refractivity contribution in [3.05, 3.63) is 12.2 Å². The molecule has 2 aliphatic rings. The van der Waals surface area contributed by atoms with E-state index < -0.39 is 0 Å². The number of hydrogen-bond acceptors (Lipinski definition) is 2. The zero-order valence-corrected chi connectivity index (χ0v) is 9.41. The number of carbonyl (C=O) groups is 1. The molecule has 84 valence electrons. The first-order chi connectivity index (χ1) is 7.33. The van der Waals surface area contributed by atoms with E-state index >= 15 is 0 Å². The highest BCUT2D eigenvalue weighted by atomic mass is 16.2. The third-order valence-corrected chi connectivity index (χ3v) is 3.44. The van der Waals surface area contributed by atoms with Crippen LogP contribution in [-0.4, -0.2) is 36.0 Å². The third-order valence-electron chi connectivity index (χ3n) is 3.44. The van der Waals surface area contributed by atoms with Gasteiger partial charge in [-0.1, -0.05) is 19.1 Å². The number of amides is 1. The lowest BCUT2D eigenvalue weighted by Gasteiger charge is -2.33. The van der Waals surface area contributed by atoms with Gasteiger partial charge in [0, 0.05) is 12.6 Å². The number of hydrogen-bond donors (Lipinski definition) is 1. The Morgan fingerprint density at radius 3 is 2.93 bits per heavy atom. The molecule has 1 N–H and O–H groups in total. The molecular formula is C12H20N2O. The largest absolute Gasteiger partial charge is 0.355 e. The summed E-state index contributed by atoms with van der Waals surface area (Å²) in [4.78, 5) is 14.0. The molecule has 0 aromatic rings. The highest BCUT2D eigenvalue weighted by molar-refractivity contribution is 5.83. The third kappa shape index (κ3) is 2.23. The Balaban J connectivity index is 2.05. The molecule has 1 amide bonds. The quantitative estimate of drug-likeness (QED) is 0.709. The molecule has 2 unspecified atom stereocenters. The number of allylic oxidation sites excluding steroid dienone is 1. The maximum Gasteiger partial charge on any atom is 0.237 e. The lowest BCUT2D eigenvalue weighted by atomic mass is 9.99. The predicted molar refractivity (Wildman–Crippen MR) is 60.6 cm³/mol. The smallest absolute Gasteiger partial charge is 0.237 e. The van der Waals surface area contributed by atoms with Crippen LogP contribution in [0.15, 0.2) is 12.2 Å². The summed E-state index contributed by atoms with van der Waals surface area (Å²) in [5.41, 5.74) is 0. The van der Waals surface area contributed by atoms with E-state index in [-0.39, 0.29) is 11.9 Å². The zero-order valence-electron chi connectivity index (χ0n) is 9.41. The van der Waals surface area contributed by atoms with Gasteiger partial charge < -0.3 is 5.32 Å². The van der Waals surface area contributed by atoms with Crippen LogP contribution in [0.2, 0.25) is 0 Å². The summed E-state index contributed by atoms with van der Waals surface area (Å²) >= 11 is 0. The molecule has 1 fully saturated rings. The monoisotopic (exact) mass is 208 g/mol. The topological polar surface area (TPSA) is 32.3 Å². The predicted octanol–water partition coefficient (Wildman–Crippen LogP) is 1.31. The molecule has 0 spiro atoms. The van der Waals surface area contributed by atoms with Gasteiger partial charge in [-0.05, 0) is 32.2 Å². The molecule has 0 bridgehead atoms. The molecule has 0 aromatic carbocycles. The van der Waals surface area contributed by atoms with Crippen molar-refractivity contribution in [2.24, 2.45) is 0 Å². The van der Waals surface area contributed by atoms with Crippen LogP contribution in [0.5, 0.6) is 0 Å². The van der Waals surface area contributed by atoms with Crippen molar-refractivity contribution in [2.75, 3.05) is 13.1 Å². The maximum absolute atomic E-state index is 11.6. The van der Waals surface area contributed by atoms with Gasteiger partial charge in [0.25, 0.3) is 0 Å². The second kappa shape index (κ2) is 4.79. The van der Waals surface area contributed by atoms with Crippen LogP contribution in [0.25, 0.3) is 0 Å². The van der Waals surface area contributed by atoms with Crippen LogP contribution in [0.1, 0.15) is 32.6 Å². The first-order valence-corrected chi connectivity index (χ1v) is 6.03. The fourth-order valence-corrected chi connectivity index (χ4v) is 2.65. The van der Waals surface area contributed by atoms with Crippen LogP contribution < -0.4 is 5.32 Å². The molecule has 0 aromatic heterocycles. The molecule has 2 atom stereocenters. The molecule has 1 aliphatic heterocycles. The van der Waals surface area contributed by atoms with E-state index in [0.29, 0.717) is 6.04 Å². The molecule has 1 saturated heterocycles. The van der Waals surface area contributed by atoms with E-state index in [1.807, 2.05) is 0 Å². The van der Waals surface area contributed by atoms with Crippen molar-refractivity contribution < 1.29 is 4.79 Å². The summed E-state index contributed by atoms with van der Waals surface area (Å²) in [7, 11) is 0. The standard InChI is InChI=1S/C12H20N2O/c1-2-14(10-6-4-3-5-7-10)11-8-9-13-12(11)15/h4,6,10-11H,2-3,5,7-9H2,1H3,(H,13,15). The summed E-state index contributed by atoms with van der Waals surface area (Å²) in [5, 5.41) is 2.92. The highest BCUT2D eigenvalue weighted by Crippen LogP contribution is 2.21. The van der Waals surface area contributed by atoms with E-state index in [4.69, 9.17) is 0 Å². The Kier molecular flexibility index (Phi) is 3.41. The molecule has 15 heavy (non-hydrogen) atoms. The minimum Gasteiger partial charge on any atom is -0.355 e. The zero-order chi connectivity index (χ0) is 10.7. The molecule has 3 heteroatoms. The maximum atomic E-state index is 11.6. The molecule has 3 nitrogen and oxygen atoms in total. The number of nitrogens with zero attached hydrogens (tertiary/aromatic N) is 1. The van der Waals surface area contributed by atoms with Gasteiger partial charge in [-0.2, -0.15) is 0 Å². The van der Waals surface area contributed by atoms with E-state index in [1.54, 1.807) is 0 Å². The van der Waals surface area contributed by atoms with E-state index in [0.717, 1.165) is 19.5 Å². The molecule has 1 heterocycles. The minimum absolute atomic E-state index is 0.114. The molecule has 0 radical (unpaired) electrons. The van der Waals surface area contributed by atoms with Gasteiger partial charge in [-0.3, -0.25) is 9.69 Å². The Morgan fingerprint density at radius 2 is 2.40 bits per heavy atom. The fourth-order valence-electron chi connectivity index (χ4n) is 2.65. The average Bonchev–Trinajstić information content (AvgIpc) is 2.68. The molecular weight excluding hydrogens is 188 g/mol. The second-order valence-corrected chi connectivity index (χ2v) is 4.35. The summed E-state index contributed by atoms with van der Waals surface area (Å²) in [6, 6.07) is 0.598. The van der Waals surface area contributed by atoms with Crippen molar-refractivity contribution in [3.8, 4) is 0 Å².